The van der Waals surface area contributed by atoms with E-state index in [1.807, 2.05) is 37.3 Å². The average Bonchev–Trinajstić information content (AvgIpc) is 3.49. The van der Waals surface area contributed by atoms with Crippen LogP contribution in [0.15, 0.2) is 36.1 Å². The highest BCUT2D eigenvalue weighted by Crippen LogP contribution is 2.47. The van der Waals surface area contributed by atoms with Crippen LogP contribution in [0.1, 0.15) is 38.4 Å². The number of ether oxygens (including phenoxy) is 2. The molecule has 0 spiro atoms. The van der Waals surface area contributed by atoms with E-state index in [4.69, 9.17) is 9.47 Å². The molecule has 156 valence electrons. The molecule has 1 amide bonds. The van der Waals surface area contributed by atoms with Gasteiger partial charge in [0.15, 0.2) is 5.76 Å². The number of aromatic amines is 1. The third kappa shape index (κ3) is 4.62. The van der Waals surface area contributed by atoms with Crippen LogP contribution in [0.4, 0.5) is 0 Å². The zero-order valence-corrected chi connectivity index (χ0v) is 16.8. The Bertz CT molecular complexity index is 841. The summed E-state index contributed by atoms with van der Waals surface area (Å²) in [6, 6.07) is 7.78. The topological polar surface area (TPSA) is 96.5 Å². The fraction of sp³-hybridized carbons (Fsp3) is 0.545. The molecule has 3 atom stereocenters. The van der Waals surface area contributed by atoms with Crippen LogP contribution in [0.5, 0.6) is 0 Å². The SMILES string of the molecule is CCO[C@@H]1OC(C(=O)NCc2nc3ccccc3[nH]2)=C[C@H](C2CC2)[C@H]1CCCO. The van der Waals surface area contributed by atoms with Gasteiger partial charge in [-0.25, -0.2) is 4.98 Å². The Balaban J connectivity index is 1.45. The summed E-state index contributed by atoms with van der Waals surface area (Å²) in [5.74, 6) is 1.78. The first-order valence-electron chi connectivity index (χ1n) is 10.5. The molecular weight excluding hydrogens is 370 g/mol. The number of nitrogens with zero attached hydrogens (tertiary/aromatic N) is 1. The van der Waals surface area contributed by atoms with Gasteiger partial charge >= 0.3 is 0 Å². The van der Waals surface area contributed by atoms with Crippen molar-refractivity contribution in [3.63, 3.8) is 0 Å². The predicted octanol–water partition coefficient (Wildman–Crippen LogP) is 2.87. The Morgan fingerprint density at radius 1 is 1.38 bits per heavy atom. The number of carbonyl (C=O) groups is 1. The number of fused-ring (bicyclic) bond motifs is 1. The number of nitrogens with one attached hydrogen (secondary N) is 2. The molecule has 2 aromatic rings. The third-order valence-corrected chi connectivity index (χ3v) is 5.70. The molecule has 0 unspecified atom stereocenters. The molecule has 0 radical (unpaired) electrons. The fourth-order valence-corrected chi connectivity index (χ4v) is 4.15. The predicted molar refractivity (Wildman–Crippen MR) is 109 cm³/mol. The molecule has 3 N–H and O–H groups in total. The van der Waals surface area contributed by atoms with E-state index < -0.39 is 6.29 Å². The van der Waals surface area contributed by atoms with E-state index in [1.165, 1.54) is 12.8 Å². The first-order valence-corrected chi connectivity index (χ1v) is 10.5. The summed E-state index contributed by atoms with van der Waals surface area (Å²) < 4.78 is 11.8. The van der Waals surface area contributed by atoms with Crippen LogP contribution in [-0.2, 0) is 20.8 Å². The van der Waals surface area contributed by atoms with Crippen molar-refractivity contribution in [1.82, 2.24) is 15.3 Å². The van der Waals surface area contributed by atoms with E-state index in [-0.39, 0.29) is 24.3 Å². The Morgan fingerprint density at radius 2 is 2.21 bits per heavy atom. The minimum atomic E-state index is -0.450. The Kier molecular flexibility index (Phi) is 6.16. The van der Waals surface area contributed by atoms with Crippen molar-refractivity contribution in [3.8, 4) is 0 Å². The second kappa shape index (κ2) is 8.97. The molecule has 1 aromatic heterocycles. The number of benzene rings is 1. The summed E-state index contributed by atoms with van der Waals surface area (Å²) >= 11 is 0. The summed E-state index contributed by atoms with van der Waals surface area (Å²) in [6.07, 6.45) is 5.40. The highest BCUT2D eigenvalue weighted by atomic mass is 16.7. The van der Waals surface area contributed by atoms with Gasteiger partial charge in [-0.15, -0.1) is 0 Å². The smallest absolute Gasteiger partial charge is 0.286 e. The molecular formula is C22H29N3O4. The second-order valence-electron chi connectivity index (χ2n) is 7.80. The number of carbonyl (C=O) groups excluding carboxylic acids is 1. The standard InChI is InChI=1S/C22H29N3O4/c1-2-28-22-15(6-5-11-26)16(14-9-10-14)12-19(29-22)21(27)23-13-20-24-17-7-3-4-8-18(17)25-20/h3-4,7-8,12,14-16,22,26H,2,5-6,9-11,13H2,1H3,(H,23,27)(H,24,25)/t15-,16-,22-/m1/s1. The molecule has 4 rings (SSSR count). The van der Waals surface area contributed by atoms with Gasteiger partial charge in [0.25, 0.3) is 5.91 Å². The van der Waals surface area contributed by atoms with Crippen molar-refractivity contribution in [1.29, 1.82) is 0 Å². The largest absolute Gasteiger partial charge is 0.459 e. The molecule has 2 aliphatic rings. The normalized spacial score (nSPS) is 24.2. The lowest BCUT2D eigenvalue weighted by Gasteiger charge is -2.37. The monoisotopic (exact) mass is 399 g/mol. The number of aliphatic hydroxyl groups excluding tert-OH is 1. The summed E-state index contributed by atoms with van der Waals surface area (Å²) in [6.45, 7) is 2.90. The number of rotatable bonds is 9. The molecule has 1 fully saturated rings. The van der Waals surface area contributed by atoms with Gasteiger partial charge in [-0.3, -0.25) is 4.79 Å². The summed E-state index contributed by atoms with van der Waals surface area (Å²) in [5.41, 5.74) is 1.82. The molecule has 2 heterocycles. The zero-order chi connectivity index (χ0) is 20.2. The van der Waals surface area contributed by atoms with Crippen LogP contribution in [0.3, 0.4) is 0 Å². The Labute approximate surface area is 170 Å². The maximum absolute atomic E-state index is 12.8. The number of aliphatic hydroxyl groups is 1. The van der Waals surface area contributed by atoms with Crippen LogP contribution in [-0.4, -0.2) is 40.5 Å². The minimum Gasteiger partial charge on any atom is -0.459 e. The van der Waals surface area contributed by atoms with Gasteiger partial charge in [-0.2, -0.15) is 0 Å². The van der Waals surface area contributed by atoms with E-state index >= 15 is 0 Å². The number of hydrogen-bond donors (Lipinski definition) is 3. The Hall–Kier alpha value is -2.38. The van der Waals surface area contributed by atoms with E-state index in [0.717, 1.165) is 17.5 Å². The first kappa shape index (κ1) is 19.9. The van der Waals surface area contributed by atoms with Crippen LogP contribution < -0.4 is 5.32 Å². The maximum atomic E-state index is 12.8. The van der Waals surface area contributed by atoms with Gasteiger partial charge in [0.1, 0.15) is 5.82 Å². The lowest BCUT2D eigenvalue weighted by Crippen LogP contribution is -2.40. The summed E-state index contributed by atoms with van der Waals surface area (Å²) in [5, 5.41) is 12.2. The average molecular weight is 399 g/mol. The quantitative estimate of drug-likeness (QED) is 0.603. The van der Waals surface area contributed by atoms with E-state index in [0.29, 0.717) is 37.1 Å². The van der Waals surface area contributed by atoms with Crippen molar-refractivity contribution >= 4 is 16.9 Å². The van der Waals surface area contributed by atoms with Crippen LogP contribution in [0.25, 0.3) is 11.0 Å². The van der Waals surface area contributed by atoms with Crippen molar-refractivity contribution < 1.29 is 19.4 Å². The summed E-state index contributed by atoms with van der Waals surface area (Å²) in [7, 11) is 0. The van der Waals surface area contributed by atoms with Crippen molar-refractivity contribution in [2.24, 2.45) is 17.8 Å². The van der Waals surface area contributed by atoms with E-state index in [1.54, 1.807) is 0 Å². The first-order chi connectivity index (χ1) is 14.2. The molecule has 1 aliphatic heterocycles. The highest BCUT2D eigenvalue weighted by molar-refractivity contribution is 5.91. The molecule has 1 aliphatic carbocycles. The molecule has 7 heteroatoms. The van der Waals surface area contributed by atoms with Gasteiger partial charge in [0.05, 0.1) is 17.6 Å². The number of allylic oxidation sites excluding steroid dienone is 1. The number of H-pyrrole nitrogens is 1. The van der Waals surface area contributed by atoms with Crippen molar-refractivity contribution in [2.45, 2.75) is 45.4 Å². The minimum absolute atomic E-state index is 0.154. The van der Waals surface area contributed by atoms with Crippen LogP contribution in [0, 0.1) is 17.8 Å². The molecule has 7 nitrogen and oxygen atoms in total. The molecule has 1 saturated carbocycles. The number of imidazole rings is 1. The van der Waals surface area contributed by atoms with Gasteiger partial charge in [-0.1, -0.05) is 12.1 Å². The molecule has 29 heavy (non-hydrogen) atoms. The number of amides is 1. The summed E-state index contributed by atoms with van der Waals surface area (Å²) in [4.78, 5) is 20.5. The van der Waals surface area contributed by atoms with Gasteiger partial charge in [-0.05, 0) is 62.7 Å². The van der Waals surface area contributed by atoms with Crippen molar-refractivity contribution in [2.75, 3.05) is 13.2 Å². The lowest BCUT2D eigenvalue weighted by atomic mass is 9.82. The second-order valence-corrected chi connectivity index (χ2v) is 7.80. The molecule has 0 bridgehead atoms. The molecule has 1 aromatic carbocycles. The van der Waals surface area contributed by atoms with E-state index in [9.17, 15) is 9.90 Å². The van der Waals surface area contributed by atoms with Gasteiger partial charge in [0, 0.05) is 19.1 Å². The Morgan fingerprint density at radius 3 is 2.93 bits per heavy atom. The van der Waals surface area contributed by atoms with Gasteiger partial charge in [0.2, 0.25) is 6.29 Å². The number of hydrogen-bond acceptors (Lipinski definition) is 5. The maximum Gasteiger partial charge on any atom is 0.286 e. The van der Waals surface area contributed by atoms with E-state index in [2.05, 4.69) is 15.3 Å². The number of aromatic nitrogens is 2. The van der Waals surface area contributed by atoms with Crippen LogP contribution in [0.2, 0.25) is 0 Å². The van der Waals surface area contributed by atoms with Crippen LogP contribution >= 0.6 is 0 Å². The number of para-hydroxylation sites is 2. The fourth-order valence-electron chi connectivity index (χ4n) is 4.15. The zero-order valence-electron chi connectivity index (χ0n) is 16.8. The lowest BCUT2D eigenvalue weighted by molar-refractivity contribution is -0.173. The third-order valence-electron chi connectivity index (χ3n) is 5.70. The highest BCUT2D eigenvalue weighted by Gasteiger charge is 2.43. The molecule has 0 saturated heterocycles. The van der Waals surface area contributed by atoms with Gasteiger partial charge < -0.3 is 24.9 Å². The van der Waals surface area contributed by atoms with Crippen molar-refractivity contribution in [3.05, 3.63) is 41.9 Å².